The van der Waals surface area contributed by atoms with Crippen molar-refractivity contribution >= 4 is 11.6 Å². The van der Waals surface area contributed by atoms with E-state index in [-0.39, 0.29) is 0 Å². The van der Waals surface area contributed by atoms with Crippen molar-refractivity contribution in [3.63, 3.8) is 0 Å². The fourth-order valence-corrected chi connectivity index (χ4v) is 1.97. The fourth-order valence-electron chi connectivity index (χ4n) is 1.97. The van der Waals surface area contributed by atoms with Crippen molar-refractivity contribution in [3.8, 4) is 5.75 Å². The molecule has 2 heteroatoms. The van der Waals surface area contributed by atoms with Gasteiger partial charge in [-0.1, -0.05) is 18.2 Å². The molecule has 0 spiro atoms. The highest BCUT2D eigenvalue weighted by molar-refractivity contribution is 5.84. The predicted molar refractivity (Wildman–Crippen MR) is 63.1 cm³/mol. The first-order valence-corrected chi connectivity index (χ1v) is 5.38. The Hall–Kier alpha value is -1.96. The minimum atomic E-state index is 0.751. The van der Waals surface area contributed by atoms with Gasteiger partial charge in [-0.2, -0.15) is 0 Å². The third kappa shape index (κ3) is 1.63. The number of para-hydroxylation sites is 1. The minimum Gasteiger partial charge on any atom is -0.493 e. The van der Waals surface area contributed by atoms with E-state index in [0.29, 0.717) is 0 Å². The van der Waals surface area contributed by atoms with Gasteiger partial charge in [0.25, 0.3) is 0 Å². The van der Waals surface area contributed by atoms with E-state index in [9.17, 15) is 0 Å². The zero-order valence-electron chi connectivity index (χ0n) is 8.85. The van der Waals surface area contributed by atoms with Gasteiger partial charge in [0.2, 0.25) is 0 Å². The molecule has 0 N–H and O–H groups in total. The Bertz CT molecular complexity index is 509. The molecule has 16 heavy (non-hydrogen) atoms. The van der Waals surface area contributed by atoms with Crippen molar-refractivity contribution in [3.05, 3.63) is 54.0 Å². The van der Waals surface area contributed by atoms with Crippen LogP contribution < -0.4 is 4.74 Å². The van der Waals surface area contributed by atoms with Crippen molar-refractivity contribution in [2.24, 2.45) is 0 Å². The summed E-state index contributed by atoms with van der Waals surface area (Å²) in [5.41, 5.74) is 3.60. The molecule has 0 unspecified atom stereocenters. The van der Waals surface area contributed by atoms with Gasteiger partial charge in [0, 0.05) is 17.5 Å². The molecule has 0 fully saturated rings. The molecule has 0 radical (unpaired) electrons. The first-order valence-electron chi connectivity index (χ1n) is 5.38. The molecule has 2 heterocycles. The number of rotatable bonds is 1. The second kappa shape index (κ2) is 3.89. The maximum Gasteiger partial charge on any atom is 0.126 e. The standard InChI is InChI=1S/C14H12O2/c1-2-4-14-13(3-1)12(6-8-16-14)9-11-5-7-15-10-11/h1-5,7,9-10H,6,8H2/b12-9+. The number of furan rings is 1. The topological polar surface area (TPSA) is 22.4 Å². The molecular weight excluding hydrogens is 200 g/mol. The van der Waals surface area contributed by atoms with Crippen LogP contribution in [0, 0.1) is 0 Å². The predicted octanol–water partition coefficient (Wildman–Crippen LogP) is 3.60. The van der Waals surface area contributed by atoms with Crippen LogP contribution in [0.4, 0.5) is 0 Å². The second-order valence-corrected chi connectivity index (χ2v) is 3.82. The van der Waals surface area contributed by atoms with Gasteiger partial charge in [-0.05, 0) is 23.8 Å². The van der Waals surface area contributed by atoms with E-state index in [1.165, 1.54) is 11.1 Å². The summed E-state index contributed by atoms with van der Waals surface area (Å²) >= 11 is 0. The summed E-state index contributed by atoms with van der Waals surface area (Å²) in [6.45, 7) is 0.751. The molecule has 1 aromatic carbocycles. The fraction of sp³-hybridized carbons (Fsp3) is 0.143. The van der Waals surface area contributed by atoms with Crippen LogP contribution >= 0.6 is 0 Å². The van der Waals surface area contributed by atoms with E-state index in [4.69, 9.17) is 9.15 Å². The number of hydrogen-bond donors (Lipinski definition) is 0. The van der Waals surface area contributed by atoms with E-state index in [1.54, 1.807) is 12.5 Å². The van der Waals surface area contributed by atoms with Crippen molar-refractivity contribution < 1.29 is 9.15 Å². The maximum atomic E-state index is 5.61. The van der Waals surface area contributed by atoms with Crippen molar-refractivity contribution in [2.75, 3.05) is 6.61 Å². The van der Waals surface area contributed by atoms with Crippen molar-refractivity contribution in [1.82, 2.24) is 0 Å². The highest BCUT2D eigenvalue weighted by Gasteiger charge is 2.14. The first kappa shape index (κ1) is 9.28. The Morgan fingerprint density at radius 1 is 1.12 bits per heavy atom. The van der Waals surface area contributed by atoms with Crippen LogP contribution in [0.25, 0.3) is 11.6 Å². The molecule has 2 nitrogen and oxygen atoms in total. The first-order chi connectivity index (χ1) is 7.93. The number of benzene rings is 1. The summed E-state index contributed by atoms with van der Waals surface area (Å²) in [7, 11) is 0. The van der Waals surface area contributed by atoms with E-state index in [1.807, 2.05) is 24.3 Å². The summed E-state index contributed by atoms with van der Waals surface area (Å²) < 4.78 is 10.7. The Kier molecular flexibility index (Phi) is 2.26. The Labute approximate surface area is 94.2 Å². The van der Waals surface area contributed by atoms with Crippen LogP contribution in [0.3, 0.4) is 0 Å². The normalized spacial score (nSPS) is 16.9. The molecule has 0 saturated heterocycles. The number of ether oxygens (including phenoxy) is 1. The van der Waals surface area contributed by atoms with Crippen LogP contribution in [0.5, 0.6) is 5.75 Å². The quantitative estimate of drug-likeness (QED) is 0.720. The third-order valence-electron chi connectivity index (χ3n) is 2.75. The summed E-state index contributed by atoms with van der Waals surface area (Å²) in [5.74, 6) is 0.975. The van der Waals surface area contributed by atoms with Gasteiger partial charge in [-0.3, -0.25) is 0 Å². The smallest absolute Gasteiger partial charge is 0.126 e. The average molecular weight is 212 g/mol. The Balaban J connectivity index is 2.05. The van der Waals surface area contributed by atoms with Gasteiger partial charge < -0.3 is 9.15 Å². The van der Waals surface area contributed by atoms with Crippen molar-refractivity contribution in [1.29, 1.82) is 0 Å². The molecule has 1 aromatic heterocycles. The van der Waals surface area contributed by atoms with Gasteiger partial charge >= 0.3 is 0 Å². The van der Waals surface area contributed by atoms with E-state index < -0.39 is 0 Å². The van der Waals surface area contributed by atoms with Crippen LogP contribution in [-0.2, 0) is 0 Å². The summed E-state index contributed by atoms with van der Waals surface area (Å²) in [6, 6.07) is 10.1. The third-order valence-corrected chi connectivity index (χ3v) is 2.75. The monoisotopic (exact) mass is 212 g/mol. The van der Waals surface area contributed by atoms with Crippen molar-refractivity contribution in [2.45, 2.75) is 6.42 Å². The lowest BCUT2D eigenvalue weighted by molar-refractivity contribution is 0.317. The molecule has 80 valence electrons. The van der Waals surface area contributed by atoms with E-state index in [2.05, 4.69) is 12.1 Å². The lowest BCUT2D eigenvalue weighted by Gasteiger charge is -2.19. The zero-order valence-corrected chi connectivity index (χ0v) is 8.85. The zero-order chi connectivity index (χ0) is 10.8. The highest BCUT2D eigenvalue weighted by atomic mass is 16.5. The highest BCUT2D eigenvalue weighted by Crippen LogP contribution is 2.33. The molecule has 0 aliphatic carbocycles. The van der Waals surface area contributed by atoms with Crippen LogP contribution in [0.1, 0.15) is 17.5 Å². The average Bonchev–Trinajstić information content (AvgIpc) is 2.82. The summed E-state index contributed by atoms with van der Waals surface area (Å²) in [4.78, 5) is 0. The Morgan fingerprint density at radius 2 is 2.06 bits per heavy atom. The van der Waals surface area contributed by atoms with Crippen LogP contribution in [0.2, 0.25) is 0 Å². The van der Waals surface area contributed by atoms with Gasteiger partial charge in [0.15, 0.2) is 0 Å². The maximum absolute atomic E-state index is 5.61. The lowest BCUT2D eigenvalue weighted by atomic mass is 9.98. The van der Waals surface area contributed by atoms with E-state index in [0.717, 1.165) is 24.3 Å². The number of fused-ring (bicyclic) bond motifs is 1. The van der Waals surface area contributed by atoms with Gasteiger partial charge in [-0.15, -0.1) is 0 Å². The largest absolute Gasteiger partial charge is 0.493 e. The molecular formula is C14H12O2. The molecule has 1 aliphatic heterocycles. The summed E-state index contributed by atoms with van der Waals surface area (Å²) in [5, 5.41) is 0. The van der Waals surface area contributed by atoms with Crippen LogP contribution in [-0.4, -0.2) is 6.61 Å². The molecule has 0 saturated carbocycles. The molecule has 0 amide bonds. The lowest BCUT2D eigenvalue weighted by Crippen LogP contribution is -2.07. The SMILES string of the molecule is C(=C1/CCOc2ccccc21)/c1ccoc1. The van der Waals surface area contributed by atoms with E-state index >= 15 is 0 Å². The van der Waals surface area contributed by atoms with Gasteiger partial charge in [-0.25, -0.2) is 0 Å². The van der Waals surface area contributed by atoms with Crippen LogP contribution in [0.15, 0.2) is 47.3 Å². The Morgan fingerprint density at radius 3 is 2.94 bits per heavy atom. The summed E-state index contributed by atoms with van der Waals surface area (Å²) in [6.07, 6.45) is 6.55. The van der Waals surface area contributed by atoms with Gasteiger partial charge in [0.05, 0.1) is 19.1 Å². The molecule has 2 aromatic rings. The molecule has 3 rings (SSSR count). The molecule has 1 aliphatic rings. The minimum absolute atomic E-state index is 0.751. The second-order valence-electron chi connectivity index (χ2n) is 3.82. The molecule has 0 atom stereocenters. The number of hydrogen-bond acceptors (Lipinski definition) is 2. The molecule has 0 bridgehead atoms. The van der Waals surface area contributed by atoms with Gasteiger partial charge in [0.1, 0.15) is 5.75 Å².